The Kier molecular flexibility index (Phi) is 12.7. The maximum atomic E-state index is 11.4. The summed E-state index contributed by atoms with van der Waals surface area (Å²) in [6.07, 6.45) is 6.98. The first-order valence-corrected chi connectivity index (χ1v) is 10.4. The SMILES string of the molecule is CCCOCCN1C(=O)C=CC1=O.CCCOCCNC(=O)CCN1C(=O)C=CC1=O. The van der Waals surface area contributed by atoms with Crippen LogP contribution in [0.4, 0.5) is 0 Å². The summed E-state index contributed by atoms with van der Waals surface area (Å²) in [5.74, 6) is -1.41. The van der Waals surface area contributed by atoms with Gasteiger partial charge in [0.05, 0.1) is 19.8 Å². The fourth-order valence-electron chi connectivity index (χ4n) is 2.52. The van der Waals surface area contributed by atoms with Crippen LogP contribution in [-0.4, -0.2) is 85.4 Å². The molecule has 2 aliphatic rings. The lowest BCUT2D eigenvalue weighted by Gasteiger charge is -2.13. The highest BCUT2D eigenvalue weighted by Crippen LogP contribution is 2.04. The van der Waals surface area contributed by atoms with Gasteiger partial charge >= 0.3 is 0 Å². The molecule has 0 saturated carbocycles. The minimum Gasteiger partial charge on any atom is -0.380 e. The fraction of sp³-hybridized carbons (Fsp3) is 0.571. The largest absolute Gasteiger partial charge is 0.380 e. The van der Waals surface area contributed by atoms with E-state index in [1.807, 2.05) is 13.8 Å². The second-order valence-corrected chi connectivity index (χ2v) is 6.65. The Morgan fingerprint density at radius 2 is 1.19 bits per heavy atom. The van der Waals surface area contributed by atoms with E-state index in [2.05, 4.69) is 5.32 Å². The van der Waals surface area contributed by atoms with Gasteiger partial charge in [0.1, 0.15) is 0 Å². The van der Waals surface area contributed by atoms with Gasteiger partial charge in [-0.2, -0.15) is 0 Å². The van der Waals surface area contributed by atoms with Crippen molar-refractivity contribution in [3.63, 3.8) is 0 Å². The Balaban J connectivity index is 0.000000327. The molecule has 0 aromatic carbocycles. The van der Waals surface area contributed by atoms with E-state index >= 15 is 0 Å². The summed E-state index contributed by atoms with van der Waals surface area (Å²) < 4.78 is 10.4. The quantitative estimate of drug-likeness (QED) is 0.322. The van der Waals surface area contributed by atoms with E-state index in [1.165, 1.54) is 29.2 Å². The third-order valence-corrected chi connectivity index (χ3v) is 4.09. The first-order valence-electron chi connectivity index (χ1n) is 10.4. The van der Waals surface area contributed by atoms with Crippen molar-refractivity contribution >= 4 is 29.5 Å². The highest BCUT2D eigenvalue weighted by Gasteiger charge is 2.23. The van der Waals surface area contributed by atoms with Gasteiger partial charge in [0.25, 0.3) is 23.6 Å². The predicted octanol–water partition coefficient (Wildman–Crippen LogP) is 0.182. The third-order valence-electron chi connectivity index (χ3n) is 4.09. The molecule has 0 saturated heterocycles. The van der Waals surface area contributed by atoms with Crippen molar-refractivity contribution in [3.8, 4) is 0 Å². The highest BCUT2D eigenvalue weighted by atomic mass is 16.5. The van der Waals surface area contributed by atoms with Gasteiger partial charge in [-0.05, 0) is 12.8 Å². The van der Waals surface area contributed by atoms with Crippen LogP contribution in [0.5, 0.6) is 0 Å². The van der Waals surface area contributed by atoms with Crippen molar-refractivity contribution < 1.29 is 33.4 Å². The zero-order valence-corrected chi connectivity index (χ0v) is 18.1. The van der Waals surface area contributed by atoms with Crippen molar-refractivity contribution in [1.82, 2.24) is 15.1 Å². The zero-order chi connectivity index (χ0) is 23.1. The lowest BCUT2D eigenvalue weighted by Crippen LogP contribution is -2.35. The average molecular weight is 437 g/mol. The van der Waals surface area contributed by atoms with Crippen molar-refractivity contribution in [1.29, 1.82) is 0 Å². The highest BCUT2D eigenvalue weighted by molar-refractivity contribution is 6.13. The fourth-order valence-corrected chi connectivity index (χ4v) is 2.52. The lowest BCUT2D eigenvalue weighted by molar-refractivity contribution is -0.139. The molecule has 0 atom stereocenters. The summed E-state index contributed by atoms with van der Waals surface area (Å²) in [5, 5.41) is 2.66. The monoisotopic (exact) mass is 437 g/mol. The molecule has 2 rings (SSSR count). The maximum Gasteiger partial charge on any atom is 0.253 e. The lowest BCUT2D eigenvalue weighted by atomic mass is 10.3. The molecular formula is C21H31N3O7. The van der Waals surface area contributed by atoms with Gasteiger partial charge in [-0.1, -0.05) is 13.8 Å². The zero-order valence-electron chi connectivity index (χ0n) is 18.1. The molecule has 172 valence electrons. The number of rotatable bonds is 13. The van der Waals surface area contributed by atoms with Gasteiger partial charge in [0.2, 0.25) is 5.91 Å². The van der Waals surface area contributed by atoms with Crippen molar-refractivity contribution in [3.05, 3.63) is 24.3 Å². The standard InChI is InChI=1S/C12H18N2O4.C9H13NO3/c1-2-8-18-9-6-13-10(15)5-7-14-11(16)3-4-12(14)17;1-2-6-13-7-5-10-8(11)3-4-9(10)12/h3-4H,2,5-9H2,1H3,(H,13,15);3-4H,2,5-7H2,1H3. The van der Waals surface area contributed by atoms with Gasteiger partial charge < -0.3 is 14.8 Å². The van der Waals surface area contributed by atoms with Crippen LogP contribution in [-0.2, 0) is 33.4 Å². The van der Waals surface area contributed by atoms with E-state index in [4.69, 9.17) is 9.47 Å². The van der Waals surface area contributed by atoms with Gasteiger partial charge in [-0.15, -0.1) is 0 Å². The Morgan fingerprint density at radius 1 is 0.742 bits per heavy atom. The van der Waals surface area contributed by atoms with Crippen LogP contribution in [0, 0.1) is 0 Å². The summed E-state index contributed by atoms with van der Waals surface area (Å²) in [7, 11) is 0. The maximum absolute atomic E-state index is 11.4. The van der Waals surface area contributed by atoms with Crippen LogP contribution < -0.4 is 5.32 Å². The van der Waals surface area contributed by atoms with Crippen molar-refractivity contribution in [2.75, 3.05) is 46.1 Å². The number of nitrogens with one attached hydrogen (secondary N) is 1. The van der Waals surface area contributed by atoms with Crippen LogP contribution in [0.15, 0.2) is 24.3 Å². The number of hydrogen-bond acceptors (Lipinski definition) is 7. The average Bonchev–Trinajstić information content (AvgIpc) is 3.24. The molecule has 31 heavy (non-hydrogen) atoms. The Labute approximate surface area is 182 Å². The molecule has 0 radical (unpaired) electrons. The van der Waals surface area contributed by atoms with Crippen LogP contribution in [0.1, 0.15) is 33.1 Å². The minimum absolute atomic E-state index is 0.117. The number of amides is 5. The van der Waals surface area contributed by atoms with Gasteiger partial charge in [0.15, 0.2) is 0 Å². The molecule has 0 aromatic rings. The number of imide groups is 2. The molecule has 5 amide bonds. The Morgan fingerprint density at radius 3 is 1.68 bits per heavy atom. The van der Waals surface area contributed by atoms with Crippen LogP contribution >= 0.6 is 0 Å². The Hall–Kier alpha value is -2.85. The smallest absolute Gasteiger partial charge is 0.253 e. The van der Waals surface area contributed by atoms with Crippen LogP contribution in [0.2, 0.25) is 0 Å². The van der Waals surface area contributed by atoms with E-state index in [0.29, 0.717) is 39.5 Å². The summed E-state index contributed by atoms with van der Waals surface area (Å²) in [4.78, 5) is 58.0. The normalized spacial score (nSPS) is 15.0. The Bertz CT molecular complexity index is 667. The molecule has 0 spiro atoms. The molecule has 1 N–H and O–H groups in total. The molecule has 0 unspecified atom stereocenters. The third kappa shape index (κ3) is 10.1. The number of carbonyl (C=O) groups excluding carboxylic acids is 5. The minimum atomic E-state index is -0.362. The van der Waals surface area contributed by atoms with Crippen molar-refractivity contribution in [2.45, 2.75) is 33.1 Å². The number of nitrogens with zero attached hydrogens (tertiary/aromatic N) is 2. The summed E-state index contributed by atoms with van der Waals surface area (Å²) in [6.45, 7) is 7.18. The van der Waals surface area contributed by atoms with Crippen molar-refractivity contribution in [2.24, 2.45) is 0 Å². The summed E-state index contributed by atoms with van der Waals surface area (Å²) in [6, 6.07) is 0. The molecule has 2 heterocycles. The van der Waals surface area contributed by atoms with E-state index in [1.54, 1.807) is 0 Å². The molecule has 0 aliphatic carbocycles. The number of hydrogen-bond donors (Lipinski definition) is 1. The summed E-state index contributed by atoms with van der Waals surface area (Å²) >= 11 is 0. The van der Waals surface area contributed by atoms with Crippen LogP contribution in [0.3, 0.4) is 0 Å². The molecule has 10 heteroatoms. The molecule has 0 fully saturated rings. The second kappa shape index (κ2) is 15.0. The number of ether oxygens (including phenoxy) is 2. The number of carbonyl (C=O) groups is 5. The first-order chi connectivity index (χ1) is 14.9. The second-order valence-electron chi connectivity index (χ2n) is 6.65. The topological polar surface area (TPSA) is 122 Å². The summed E-state index contributed by atoms with van der Waals surface area (Å²) in [5.41, 5.74) is 0. The predicted molar refractivity (Wildman–Crippen MR) is 112 cm³/mol. The van der Waals surface area contributed by atoms with Gasteiger partial charge in [-0.3, -0.25) is 33.8 Å². The molecule has 10 nitrogen and oxygen atoms in total. The van der Waals surface area contributed by atoms with E-state index in [9.17, 15) is 24.0 Å². The van der Waals surface area contributed by atoms with E-state index in [0.717, 1.165) is 17.7 Å². The first kappa shape index (κ1) is 26.2. The van der Waals surface area contributed by atoms with E-state index < -0.39 is 0 Å². The van der Waals surface area contributed by atoms with Crippen LogP contribution in [0.25, 0.3) is 0 Å². The molecule has 2 aliphatic heterocycles. The van der Waals surface area contributed by atoms with Gasteiger partial charge in [0, 0.05) is 57.0 Å². The van der Waals surface area contributed by atoms with Gasteiger partial charge in [-0.25, -0.2) is 0 Å². The molecular weight excluding hydrogens is 406 g/mol. The molecule has 0 bridgehead atoms. The molecule has 0 aromatic heterocycles. The van der Waals surface area contributed by atoms with E-state index in [-0.39, 0.29) is 42.5 Å².